The van der Waals surface area contributed by atoms with Gasteiger partial charge in [-0.3, -0.25) is 5.32 Å². The van der Waals surface area contributed by atoms with Crippen molar-refractivity contribution < 1.29 is 9.53 Å². The van der Waals surface area contributed by atoms with E-state index in [-0.39, 0.29) is 6.03 Å². The molecular formula is C20H23N7O2. The molecule has 150 valence electrons. The average Bonchev–Trinajstić information content (AvgIpc) is 2.75. The Morgan fingerprint density at radius 3 is 2.72 bits per heavy atom. The molecule has 0 aliphatic carbocycles. The topological polar surface area (TPSA) is 104 Å². The van der Waals surface area contributed by atoms with E-state index in [9.17, 15) is 4.79 Å². The van der Waals surface area contributed by atoms with Crippen LogP contribution in [0, 0.1) is 0 Å². The van der Waals surface area contributed by atoms with E-state index in [0.29, 0.717) is 29.3 Å². The highest BCUT2D eigenvalue weighted by molar-refractivity contribution is 5.89. The Morgan fingerprint density at radius 2 is 1.90 bits per heavy atom. The summed E-state index contributed by atoms with van der Waals surface area (Å²) in [5.41, 5.74) is 3.14. The van der Waals surface area contributed by atoms with Gasteiger partial charge in [0.25, 0.3) is 0 Å². The van der Waals surface area contributed by atoms with E-state index in [1.54, 1.807) is 18.3 Å². The average molecular weight is 393 g/mol. The lowest BCUT2D eigenvalue weighted by molar-refractivity contribution is 0.123. The highest BCUT2D eigenvalue weighted by atomic mass is 16.5. The van der Waals surface area contributed by atoms with Crippen LogP contribution >= 0.6 is 0 Å². The van der Waals surface area contributed by atoms with Gasteiger partial charge in [0.05, 0.1) is 30.8 Å². The molecule has 9 nitrogen and oxygen atoms in total. The highest BCUT2D eigenvalue weighted by Gasteiger charge is 2.15. The zero-order chi connectivity index (χ0) is 20.1. The molecule has 29 heavy (non-hydrogen) atoms. The molecule has 1 aliphatic heterocycles. The van der Waals surface area contributed by atoms with Gasteiger partial charge in [-0.2, -0.15) is 0 Å². The van der Waals surface area contributed by atoms with Crippen LogP contribution in [0.25, 0.3) is 11.2 Å². The van der Waals surface area contributed by atoms with Gasteiger partial charge < -0.3 is 20.3 Å². The van der Waals surface area contributed by atoms with Crippen LogP contribution in [-0.2, 0) is 4.74 Å². The maximum absolute atomic E-state index is 11.7. The number of rotatable bonds is 5. The van der Waals surface area contributed by atoms with Crippen LogP contribution in [0.5, 0.6) is 0 Å². The van der Waals surface area contributed by atoms with E-state index in [0.717, 1.165) is 37.7 Å². The Kier molecular flexibility index (Phi) is 5.66. The molecule has 0 spiro atoms. The van der Waals surface area contributed by atoms with E-state index in [1.165, 1.54) is 0 Å². The number of amides is 2. The molecule has 1 aromatic carbocycles. The second-order valence-corrected chi connectivity index (χ2v) is 6.52. The van der Waals surface area contributed by atoms with Crippen LogP contribution in [0.4, 0.5) is 27.8 Å². The molecule has 2 amide bonds. The lowest BCUT2D eigenvalue weighted by Crippen LogP contribution is -2.36. The number of fused-ring (bicyclic) bond motifs is 1. The number of anilines is 4. The number of hydrogen-bond acceptors (Lipinski definition) is 7. The first-order valence-electron chi connectivity index (χ1n) is 9.60. The number of nitrogens with one attached hydrogen (secondary N) is 3. The summed E-state index contributed by atoms with van der Waals surface area (Å²) >= 11 is 0. The summed E-state index contributed by atoms with van der Waals surface area (Å²) in [6.07, 6.45) is 1.68. The third kappa shape index (κ3) is 4.52. The van der Waals surface area contributed by atoms with Crippen LogP contribution < -0.4 is 20.9 Å². The fourth-order valence-electron chi connectivity index (χ4n) is 3.15. The number of urea groups is 1. The molecule has 3 heterocycles. The van der Waals surface area contributed by atoms with Crippen LogP contribution in [0.3, 0.4) is 0 Å². The van der Waals surface area contributed by atoms with Gasteiger partial charge in [-0.1, -0.05) is 12.1 Å². The molecule has 1 aliphatic rings. The van der Waals surface area contributed by atoms with Crippen LogP contribution in [-0.4, -0.2) is 53.8 Å². The summed E-state index contributed by atoms with van der Waals surface area (Å²) in [6, 6.07) is 11.3. The van der Waals surface area contributed by atoms with E-state index in [2.05, 4.69) is 41.9 Å². The van der Waals surface area contributed by atoms with Crippen molar-refractivity contribution >= 4 is 40.2 Å². The molecule has 0 saturated carbocycles. The van der Waals surface area contributed by atoms with Gasteiger partial charge in [-0.05, 0) is 31.2 Å². The Bertz CT molecular complexity index is 1010. The molecule has 0 bridgehead atoms. The van der Waals surface area contributed by atoms with Gasteiger partial charge in [0.1, 0.15) is 11.3 Å². The van der Waals surface area contributed by atoms with Crippen molar-refractivity contribution in [3.8, 4) is 0 Å². The van der Waals surface area contributed by atoms with Crippen molar-refractivity contribution in [3.05, 3.63) is 42.6 Å². The fourth-order valence-corrected chi connectivity index (χ4v) is 3.15. The largest absolute Gasteiger partial charge is 0.378 e. The van der Waals surface area contributed by atoms with Gasteiger partial charge in [-0.15, -0.1) is 0 Å². The smallest absolute Gasteiger partial charge is 0.320 e. The fraction of sp³-hybridized carbons (Fsp3) is 0.300. The van der Waals surface area contributed by atoms with Crippen molar-refractivity contribution in [1.82, 2.24) is 20.3 Å². The number of ether oxygens (including phenoxy) is 1. The van der Waals surface area contributed by atoms with Crippen molar-refractivity contribution in [2.24, 2.45) is 0 Å². The maximum atomic E-state index is 11.7. The maximum Gasteiger partial charge on any atom is 0.320 e. The highest BCUT2D eigenvalue weighted by Crippen LogP contribution is 2.29. The molecule has 3 N–H and O–H groups in total. The lowest BCUT2D eigenvalue weighted by atomic mass is 10.2. The summed E-state index contributed by atoms with van der Waals surface area (Å²) < 4.78 is 5.45. The van der Waals surface area contributed by atoms with Gasteiger partial charge in [0.15, 0.2) is 11.5 Å². The number of aromatic nitrogens is 3. The van der Waals surface area contributed by atoms with Crippen molar-refractivity contribution in [2.45, 2.75) is 6.92 Å². The lowest BCUT2D eigenvalue weighted by Gasteiger charge is -2.30. The van der Waals surface area contributed by atoms with Crippen LogP contribution in [0.2, 0.25) is 0 Å². The Balaban J connectivity index is 1.57. The minimum Gasteiger partial charge on any atom is -0.378 e. The van der Waals surface area contributed by atoms with Crippen molar-refractivity contribution in [2.75, 3.05) is 48.4 Å². The standard InChI is InChI=1S/C20H23N7O2/c1-2-21-20(28)26-17-8-7-15-19(24-17)25-18(13-22-15)23-14-5-3-4-6-16(14)27-9-11-29-12-10-27/h3-8,13H,2,9-12H2,1H3,(H3,21,23,24,25,26,28). The summed E-state index contributed by atoms with van der Waals surface area (Å²) in [6.45, 7) is 5.52. The van der Waals surface area contributed by atoms with E-state index in [1.807, 2.05) is 25.1 Å². The molecule has 2 aromatic heterocycles. The Labute approximate surface area is 168 Å². The predicted octanol–water partition coefficient (Wildman–Crippen LogP) is 2.75. The quantitative estimate of drug-likeness (QED) is 0.612. The van der Waals surface area contributed by atoms with Gasteiger partial charge in [0, 0.05) is 19.6 Å². The second kappa shape index (κ2) is 8.70. The van der Waals surface area contributed by atoms with E-state index >= 15 is 0 Å². The number of hydrogen-bond donors (Lipinski definition) is 3. The minimum absolute atomic E-state index is 0.305. The third-order valence-corrected chi connectivity index (χ3v) is 4.50. The van der Waals surface area contributed by atoms with Gasteiger partial charge >= 0.3 is 6.03 Å². The number of para-hydroxylation sites is 2. The predicted molar refractivity (Wildman–Crippen MR) is 113 cm³/mol. The van der Waals surface area contributed by atoms with Gasteiger partial charge in [0.2, 0.25) is 0 Å². The molecule has 9 heteroatoms. The molecule has 0 radical (unpaired) electrons. The van der Waals surface area contributed by atoms with Gasteiger partial charge in [-0.25, -0.2) is 19.7 Å². The number of morpholine rings is 1. The molecule has 1 fully saturated rings. The first kappa shape index (κ1) is 18.9. The molecule has 4 rings (SSSR count). The zero-order valence-corrected chi connectivity index (χ0v) is 16.2. The second-order valence-electron chi connectivity index (χ2n) is 6.52. The van der Waals surface area contributed by atoms with E-state index < -0.39 is 0 Å². The summed E-state index contributed by atoms with van der Waals surface area (Å²) in [4.78, 5) is 27.4. The first-order valence-corrected chi connectivity index (χ1v) is 9.60. The molecular weight excluding hydrogens is 370 g/mol. The van der Waals surface area contributed by atoms with Crippen molar-refractivity contribution in [3.63, 3.8) is 0 Å². The normalized spacial score (nSPS) is 13.9. The summed E-state index contributed by atoms with van der Waals surface area (Å²) in [5.74, 6) is 1.00. The number of carbonyl (C=O) groups is 1. The van der Waals surface area contributed by atoms with Crippen LogP contribution in [0.1, 0.15) is 6.92 Å². The summed E-state index contributed by atoms with van der Waals surface area (Å²) in [7, 11) is 0. The molecule has 0 atom stereocenters. The first-order chi connectivity index (χ1) is 14.2. The number of benzene rings is 1. The van der Waals surface area contributed by atoms with E-state index in [4.69, 9.17) is 4.74 Å². The van der Waals surface area contributed by atoms with Crippen molar-refractivity contribution in [1.29, 1.82) is 0 Å². The molecule has 3 aromatic rings. The Hall–Kier alpha value is -3.46. The number of nitrogens with zero attached hydrogens (tertiary/aromatic N) is 4. The SMILES string of the molecule is CCNC(=O)Nc1ccc2ncc(Nc3ccccc3N3CCOCC3)nc2n1. The Morgan fingerprint density at radius 1 is 1.10 bits per heavy atom. The molecule has 1 saturated heterocycles. The number of pyridine rings is 1. The minimum atomic E-state index is -0.305. The molecule has 0 unspecified atom stereocenters. The monoisotopic (exact) mass is 393 g/mol. The summed E-state index contributed by atoms with van der Waals surface area (Å²) in [5, 5.41) is 8.71. The zero-order valence-electron chi connectivity index (χ0n) is 16.2. The van der Waals surface area contributed by atoms with Crippen LogP contribution in [0.15, 0.2) is 42.6 Å². The third-order valence-electron chi connectivity index (χ3n) is 4.50. The number of carbonyl (C=O) groups excluding carboxylic acids is 1.